The Bertz CT molecular complexity index is 472. The Morgan fingerprint density at radius 3 is 3.06 bits per heavy atom. The van der Waals surface area contributed by atoms with Crippen LogP contribution in [0.3, 0.4) is 0 Å². The molecule has 0 spiro atoms. The van der Waals surface area contributed by atoms with E-state index in [1.165, 1.54) is 29.4 Å². The summed E-state index contributed by atoms with van der Waals surface area (Å²) in [5.41, 5.74) is 1.85. The molecule has 1 fully saturated rings. The van der Waals surface area contributed by atoms with E-state index in [2.05, 4.69) is 4.90 Å². The zero-order valence-corrected chi connectivity index (χ0v) is 11.6. The van der Waals surface area contributed by atoms with Gasteiger partial charge in [-0.05, 0) is 17.7 Å². The summed E-state index contributed by atoms with van der Waals surface area (Å²) < 4.78 is 13.2. The summed E-state index contributed by atoms with van der Waals surface area (Å²) in [4.78, 5) is 2.08. The molecule has 1 saturated heterocycles. The van der Waals surface area contributed by atoms with Gasteiger partial charge in [-0.1, -0.05) is 6.07 Å². The monoisotopic (exact) mass is 282 g/mol. The minimum absolute atomic E-state index is 0.247. The van der Waals surface area contributed by atoms with Gasteiger partial charge < -0.3 is 4.90 Å². The van der Waals surface area contributed by atoms with E-state index in [1.54, 1.807) is 0 Å². The number of hydrogen-bond acceptors (Lipinski definition) is 3. The van der Waals surface area contributed by atoms with Crippen LogP contribution in [0.2, 0.25) is 0 Å². The summed E-state index contributed by atoms with van der Waals surface area (Å²) in [7, 11) is 0. The molecule has 1 aromatic carbocycles. The molecule has 2 aliphatic rings. The van der Waals surface area contributed by atoms with Crippen LogP contribution in [0.15, 0.2) is 18.2 Å². The highest BCUT2D eigenvalue weighted by Crippen LogP contribution is 2.29. The van der Waals surface area contributed by atoms with E-state index in [1.807, 2.05) is 29.6 Å². The average Bonchev–Trinajstić information content (AvgIpc) is 2.68. The van der Waals surface area contributed by atoms with Crippen LogP contribution >= 0.6 is 23.5 Å². The van der Waals surface area contributed by atoms with Crippen molar-refractivity contribution in [2.75, 3.05) is 23.8 Å². The molecule has 0 amide bonds. The van der Waals surface area contributed by atoms with Crippen molar-refractivity contribution in [2.45, 2.75) is 11.8 Å². The first kappa shape index (κ1) is 12.4. The number of rotatable bonds is 2. The highest BCUT2D eigenvalue weighted by molar-refractivity contribution is 8.06. The van der Waals surface area contributed by atoms with Gasteiger partial charge in [-0.15, -0.1) is 0 Å². The minimum atomic E-state index is -0.247. The van der Waals surface area contributed by atoms with Crippen LogP contribution in [-0.4, -0.2) is 39.8 Å². The molecule has 2 heterocycles. The number of nitrogens with one attached hydrogen (secondary N) is 1. The maximum absolute atomic E-state index is 13.2. The first-order valence-electron chi connectivity index (χ1n) is 6.05. The fraction of sp³-hybridized carbons (Fsp3) is 0.462. The summed E-state index contributed by atoms with van der Waals surface area (Å²) in [5, 5.41) is 8.75. The van der Waals surface area contributed by atoms with Crippen molar-refractivity contribution in [2.24, 2.45) is 0 Å². The number of nitrogens with zero attached hydrogens (tertiary/aromatic N) is 1. The van der Waals surface area contributed by atoms with Crippen LogP contribution in [0, 0.1) is 11.2 Å². The largest absolute Gasteiger partial charge is 0.351 e. The normalized spacial score (nSPS) is 23.3. The lowest BCUT2D eigenvalue weighted by Crippen LogP contribution is -2.34. The SMILES string of the molecule is N=C1c2cc(F)ccc2CN1CC1CSCCS1. The second kappa shape index (κ2) is 5.13. The summed E-state index contributed by atoms with van der Waals surface area (Å²) in [6.07, 6.45) is 0. The molecule has 1 aromatic rings. The molecule has 0 bridgehead atoms. The molecule has 0 radical (unpaired) electrons. The van der Waals surface area contributed by atoms with E-state index >= 15 is 0 Å². The van der Waals surface area contributed by atoms with Crippen molar-refractivity contribution in [1.29, 1.82) is 5.41 Å². The van der Waals surface area contributed by atoms with Crippen LogP contribution in [-0.2, 0) is 6.54 Å². The van der Waals surface area contributed by atoms with Gasteiger partial charge in [-0.3, -0.25) is 5.41 Å². The third-order valence-corrected chi connectivity index (χ3v) is 6.14. The Balaban J connectivity index is 1.71. The van der Waals surface area contributed by atoms with Crippen LogP contribution in [0.25, 0.3) is 0 Å². The maximum atomic E-state index is 13.2. The lowest BCUT2D eigenvalue weighted by atomic mass is 10.1. The number of halogens is 1. The predicted octanol–water partition coefficient (Wildman–Crippen LogP) is 2.82. The molecule has 5 heteroatoms. The van der Waals surface area contributed by atoms with Crippen molar-refractivity contribution < 1.29 is 4.39 Å². The maximum Gasteiger partial charge on any atom is 0.128 e. The van der Waals surface area contributed by atoms with Crippen LogP contribution in [0.4, 0.5) is 4.39 Å². The third kappa shape index (κ3) is 2.38. The summed E-state index contributed by atoms with van der Waals surface area (Å²) in [6.45, 7) is 1.67. The second-order valence-electron chi connectivity index (χ2n) is 4.60. The highest BCUT2D eigenvalue weighted by Gasteiger charge is 2.27. The second-order valence-corrected chi connectivity index (χ2v) is 7.16. The van der Waals surface area contributed by atoms with E-state index in [9.17, 15) is 4.39 Å². The molecule has 1 unspecified atom stereocenters. The first-order chi connectivity index (χ1) is 8.74. The number of fused-ring (bicyclic) bond motifs is 1. The van der Waals surface area contributed by atoms with Crippen molar-refractivity contribution in [3.05, 3.63) is 35.1 Å². The lowest BCUT2D eigenvalue weighted by molar-refractivity contribution is 0.433. The predicted molar refractivity (Wildman–Crippen MR) is 77.2 cm³/mol. The Morgan fingerprint density at radius 2 is 2.28 bits per heavy atom. The van der Waals surface area contributed by atoms with Gasteiger partial charge in [0.15, 0.2) is 0 Å². The van der Waals surface area contributed by atoms with Gasteiger partial charge in [0, 0.05) is 41.2 Å². The zero-order chi connectivity index (χ0) is 12.5. The minimum Gasteiger partial charge on any atom is -0.351 e. The molecule has 2 aliphatic heterocycles. The standard InChI is InChI=1S/C13H15FN2S2/c14-10-2-1-9-6-16(13(15)12(9)5-10)7-11-8-17-3-4-18-11/h1-2,5,11,15H,3-4,6-8H2. The molecule has 3 rings (SSSR count). The summed E-state index contributed by atoms with van der Waals surface area (Å²) in [5.74, 6) is 3.85. The Morgan fingerprint density at radius 1 is 1.39 bits per heavy atom. The zero-order valence-electron chi connectivity index (χ0n) is 9.99. The fourth-order valence-corrected chi connectivity index (χ4v) is 5.09. The molecule has 1 N–H and O–H groups in total. The Labute approximate surface area is 115 Å². The summed E-state index contributed by atoms with van der Waals surface area (Å²) in [6, 6.07) is 4.78. The molecule has 0 aliphatic carbocycles. The van der Waals surface area contributed by atoms with Crippen molar-refractivity contribution in [3.8, 4) is 0 Å². The van der Waals surface area contributed by atoms with Crippen molar-refractivity contribution >= 4 is 29.4 Å². The van der Waals surface area contributed by atoms with Gasteiger partial charge >= 0.3 is 0 Å². The molecule has 18 heavy (non-hydrogen) atoms. The molecule has 2 nitrogen and oxygen atoms in total. The first-order valence-corrected chi connectivity index (χ1v) is 8.26. The number of amidine groups is 1. The Hall–Kier alpha value is -0.680. The molecule has 1 atom stereocenters. The van der Waals surface area contributed by atoms with E-state index < -0.39 is 0 Å². The van der Waals surface area contributed by atoms with E-state index in [0.29, 0.717) is 11.1 Å². The topological polar surface area (TPSA) is 27.1 Å². The highest BCUT2D eigenvalue weighted by atomic mass is 32.2. The molecular weight excluding hydrogens is 267 g/mol. The average molecular weight is 282 g/mol. The van der Waals surface area contributed by atoms with Gasteiger partial charge in [0.1, 0.15) is 11.7 Å². The van der Waals surface area contributed by atoms with Crippen LogP contribution in [0.1, 0.15) is 11.1 Å². The number of thioether (sulfide) groups is 2. The van der Waals surface area contributed by atoms with Gasteiger partial charge in [-0.2, -0.15) is 23.5 Å². The van der Waals surface area contributed by atoms with Gasteiger partial charge in [0.05, 0.1) is 0 Å². The van der Waals surface area contributed by atoms with Gasteiger partial charge in [0.2, 0.25) is 0 Å². The smallest absolute Gasteiger partial charge is 0.128 e. The fourth-order valence-electron chi connectivity index (χ4n) is 2.41. The number of benzene rings is 1. The third-order valence-electron chi connectivity index (χ3n) is 3.31. The van der Waals surface area contributed by atoms with E-state index in [0.717, 1.165) is 24.2 Å². The van der Waals surface area contributed by atoms with Crippen molar-refractivity contribution in [3.63, 3.8) is 0 Å². The van der Waals surface area contributed by atoms with Crippen LogP contribution in [0.5, 0.6) is 0 Å². The quantitative estimate of drug-likeness (QED) is 0.903. The molecule has 0 saturated carbocycles. The number of hydrogen-bond donors (Lipinski definition) is 1. The Kier molecular flexibility index (Phi) is 3.52. The molecular formula is C13H15FN2S2. The van der Waals surface area contributed by atoms with E-state index in [4.69, 9.17) is 5.41 Å². The van der Waals surface area contributed by atoms with Crippen molar-refractivity contribution in [1.82, 2.24) is 4.90 Å². The van der Waals surface area contributed by atoms with Gasteiger partial charge in [0.25, 0.3) is 0 Å². The summed E-state index contributed by atoms with van der Waals surface area (Å²) >= 11 is 4.00. The lowest BCUT2D eigenvalue weighted by Gasteiger charge is -2.27. The molecule has 0 aromatic heterocycles. The van der Waals surface area contributed by atoms with Gasteiger partial charge in [-0.25, -0.2) is 4.39 Å². The van der Waals surface area contributed by atoms with Crippen LogP contribution < -0.4 is 0 Å². The van der Waals surface area contributed by atoms with E-state index in [-0.39, 0.29) is 5.82 Å². The molecule has 96 valence electrons.